The maximum Gasteiger partial charge on any atom is 0.183 e. The van der Waals surface area contributed by atoms with Crippen molar-refractivity contribution >= 4 is 8.32 Å². The summed E-state index contributed by atoms with van der Waals surface area (Å²) in [5, 5.41) is 0. The van der Waals surface area contributed by atoms with Crippen LogP contribution >= 0.6 is 0 Å². The Morgan fingerprint density at radius 1 is 0.364 bits per heavy atom. The van der Waals surface area contributed by atoms with Crippen LogP contribution in [-0.2, 0) is 32.8 Å². The molecular weight excluding hydrogens is 440 g/mol. The van der Waals surface area contributed by atoms with Gasteiger partial charge in [-0.25, -0.2) is 0 Å². The van der Waals surface area contributed by atoms with Gasteiger partial charge in [-0.05, 0) is 26.1 Å². The maximum absolute atomic E-state index is 5.71. The van der Waals surface area contributed by atoms with Crippen LogP contribution < -0.4 is 0 Å². The summed E-state index contributed by atoms with van der Waals surface area (Å²) in [7, 11) is -1.43. The summed E-state index contributed by atoms with van der Waals surface area (Å²) < 4.78 is 38.7. The van der Waals surface area contributed by atoms with Gasteiger partial charge in [-0.15, -0.1) is 0 Å². The van der Waals surface area contributed by atoms with Crippen molar-refractivity contribution in [3.05, 3.63) is 0 Å². The van der Waals surface area contributed by atoms with E-state index in [1.165, 1.54) is 44.9 Å². The van der Waals surface area contributed by atoms with Crippen molar-refractivity contribution < 1.29 is 32.8 Å². The lowest BCUT2D eigenvalue weighted by Crippen LogP contribution is -2.27. The van der Waals surface area contributed by atoms with E-state index in [1.807, 2.05) is 0 Å². The van der Waals surface area contributed by atoms with Crippen LogP contribution in [0.4, 0.5) is 0 Å². The van der Waals surface area contributed by atoms with Crippen LogP contribution in [0.15, 0.2) is 0 Å². The Kier molecular flexibility index (Phi) is 26.5. The quantitative estimate of drug-likeness (QED) is 0.111. The minimum Gasteiger partial charge on any atom is -0.415 e. The number of hydrogen-bond donors (Lipinski definition) is 0. The van der Waals surface area contributed by atoms with Gasteiger partial charge in [0.25, 0.3) is 0 Å². The van der Waals surface area contributed by atoms with Gasteiger partial charge in [-0.2, -0.15) is 0 Å². The van der Waals surface area contributed by atoms with Crippen LogP contribution in [0.2, 0.25) is 19.6 Å². The lowest BCUT2D eigenvalue weighted by atomic mass is 10.1. The average molecular weight is 495 g/mol. The third-order valence-electron chi connectivity index (χ3n) is 4.77. The Morgan fingerprint density at radius 2 is 0.667 bits per heavy atom. The zero-order valence-electron chi connectivity index (χ0n) is 22.2. The average Bonchev–Trinajstić information content (AvgIpc) is 2.78. The van der Waals surface area contributed by atoms with E-state index in [0.29, 0.717) is 79.3 Å². The second-order valence-electron chi connectivity index (χ2n) is 9.11. The SMILES string of the molecule is CCCCCCCCCCOCCOCCOCCOCCOCCOCCO[Si](C)(C)C. The highest BCUT2D eigenvalue weighted by Crippen LogP contribution is 2.08. The monoisotopic (exact) mass is 494 g/mol. The Balaban J connectivity index is 3.03. The van der Waals surface area contributed by atoms with E-state index in [0.717, 1.165) is 13.0 Å². The molecule has 0 aliphatic heterocycles. The first-order valence-corrected chi connectivity index (χ1v) is 16.6. The molecule has 0 rings (SSSR count). The van der Waals surface area contributed by atoms with Gasteiger partial charge in [0.2, 0.25) is 0 Å². The molecule has 0 aromatic heterocycles. The molecule has 0 fully saturated rings. The molecule has 0 aromatic rings. The van der Waals surface area contributed by atoms with Crippen molar-refractivity contribution in [2.24, 2.45) is 0 Å². The molecule has 0 saturated heterocycles. The standard InChI is InChI=1S/C25H54O7Si/c1-5-6-7-8-9-10-11-12-13-26-14-15-27-16-17-28-18-19-29-20-21-30-22-23-31-24-25-32-33(2,3)4/h5-25H2,1-4H3. The van der Waals surface area contributed by atoms with Crippen molar-refractivity contribution in [1.29, 1.82) is 0 Å². The Hall–Kier alpha value is -0.0631. The predicted molar refractivity (Wildman–Crippen MR) is 137 cm³/mol. The van der Waals surface area contributed by atoms with Gasteiger partial charge in [0, 0.05) is 6.61 Å². The Labute approximate surface area is 205 Å². The summed E-state index contributed by atoms with van der Waals surface area (Å²) in [6, 6.07) is 0. The summed E-state index contributed by atoms with van der Waals surface area (Å²) in [5.74, 6) is 0. The fourth-order valence-electron chi connectivity index (χ4n) is 2.95. The van der Waals surface area contributed by atoms with Crippen molar-refractivity contribution in [3.8, 4) is 0 Å². The smallest absolute Gasteiger partial charge is 0.183 e. The van der Waals surface area contributed by atoms with Gasteiger partial charge >= 0.3 is 0 Å². The topological polar surface area (TPSA) is 64.6 Å². The van der Waals surface area contributed by atoms with Crippen LogP contribution in [-0.4, -0.2) is 94.2 Å². The molecule has 0 heterocycles. The van der Waals surface area contributed by atoms with Crippen LogP contribution in [0.25, 0.3) is 0 Å². The molecule has 0 spiro atoms. The number of ether oxygens (including phenoxy) is 6. The molecule has 0 bridgehead atoms. The molecule has 200 valence electrons. The van der Waals surface area contributed by atoms with E-state index < -0.39 is 8.32 Å². The molecule has 0 aromatic carbocycles. The first kappa shape index (κ1) is 32.9. The molecule has 0 atom stereocenters. The van der Waals surface area contributed by atoms with Gasteiger partial charge in [0.15, 0.2) is 8.32 Å². The zero-order chi connectivity index (χ0) is 24.3. The van der Waals surface area contributed by atoms with Crippen molar-refractivity contribution in [2.75, 3.05) is 85.9 Å². The molecule has 0 saturated carbocycles. The third kappa shape index (κ3) is 31.9. The summed E-state index contributed by atoms with van der Waals surface area (Å²) in [4.78, 5) is 0. The predicted octanol–water partition coefficient (Wildman–Crippen LogP) is 5.08. The van der Waals surface area contributed by atoms with Crippen molar-refractivity contribution in [2.45, 2.75) is 77.9 Å². The van der Waals surface area contributed by atoms with E-state index >= 15 is 0 Å². The normalized spacial score (nSPS) is 12.0. The molecule has 0 amide bonds. The van der Waals surface area contributed by atoms with Crippen LogP contribution in [0.3, 0.4) is 0 Å². The molecule has 0 N–H and O–H groups in total. The fraction of sp³-hybridized carbons (Fsp3) is 1.00. The molecule has 0 unspecified atom stereocenters. The largest absolute Gasteiger partial charge is 0.415 e. The van der Waals surface area contributed by atoms with E-state index in [9.17, 15) is 0 Å². The first-order valence-electron chi connectivity index (χ1n) is 13.2. The van der Waals surface area contributed by atoms with Crippen LogP contribution in [0.1, 0.15) is 58.3 Å². The highest BCUT2D eigenvalue weighted by Gasteiger charge is 2.12. The van der Waals surface area contributed by atoms with E-state index in [4.69, 9.17) is 32.8 Å². The van der Waals surface area contributed by atoms with Crippen LogP contribution in [0.5, 0.6) is 0 Å². The van der Waals surface area contributed by atoms with Crippen molar-refractivity contribution in [3.63, 3.8) is 0 Å². The van der Waals surface area contributed by atoms with Gasteiger partial charge in [-0.1, -0.05) is 51.9 Å². The maximum atomic E-state index is 5.71. The highest BCUT2D eigenvalue weighted by molar-refractivity contribution is 6.69. The molecule has 0 aliphatic carbocycles. The molecular formula is C25H54O7Si. The molecule has 0 radical (unpaired) electrons. The van der Waals surface area contributed by atoms with Crippen molar-refractivity contribution in [1.82, 2.24) is 0 Å². The number of rotatable bonds is 28. The minimum atomic E-state index is -1.43. The number of hydrogen-bond acceptors (Lipinski definition) is 7. The van der Waals surface area contributed by atoms with Gasteiger partial charge in [0.05, 0.1) is 79.3 Å². The zero-order valence-corrected chi connectivity index (χ0v) is 23.2. The summed E-state index contributed by atoms with van der Waals surface area (Å²) in [6.07, 6.45) is 10.6. The van der Waals surface area contributed by atoms with Gasteiger partial charge in [-0.3, -0.25) is 0 Å². The lowest BCUT2D eigenvalue weighted by molar-refractivity contribution is -0.0180. The van der Waals surface area contributed by atoms with E-state index in [-0.39, 0.29) is 0 Å². The first-order chi connectivity index (χ1) is 16.1. The summed E-state index contributed by atoms with van der Waals surface area (Å²) in [6.45, 7) is 16.8. The van der Waals surface area contributed by atoms with Gasteiger partial charge in [0.1, 0.15) is 0 Å². The molecule has 33 heavy (non-hydrogen) atoms. The fourth-order valence-corrected chi connectivity index (χ4v) is 3.64. The second kappa shape index (κ2) is 26.5. The number of unbranched alkanes of at least 4 members (excludes halogenated alkanes) is 7. The second-order valence-corrected chi connectivity index (χ2v) is 13.6. The Bertz CT molecular complexity index is 367. The summed E-state index contributed by atoms with van der Waals surface area (Å²) in [5.41, 5.74) is 0. The minimum absolute atomic E-state index is 0.564. The summed E-state index contributed by atoms with van der Waals surface area (Å²) >= 11 is 0. The lowest BCUT2D eigenvalue weighted by Gasteiger charge is -2.16. The van der Waals surface area contributed by atoms with E-state index in [2.05, 4.69) is 26.6 Å². The molecule has 8 heteroatoms. The molecule has 0 aliphatic rings. The van der Waals surface area contributed by atoms with E-state index in [1.54, 1.807) is 0 Å². The third-order valence-corrected chi connectivity index (χ3v) is 5.84. The molecule has 7 nitrogen and oxygen atoms in total. The van der Waals surface area contributed by atoms with Gasteiger partial charge < -0.3 is 32.8 Å². The Morgan fingerprint density at radius 3 is 1.03 bits per heavy atom. The van der Waals surface area contributed by atoms with Crippen LogP contribution in [0, 0.1) is 0 Å². The highest BCUT2D eigenvalue weighted by atomic mass is 28.4.